The Morgan fingerprint density at radius 3 is 2.84 bits per heavy atom. The lowest BCUT2D eigenvalue weighted by Crippen LogP contribution is -2.35. The average molecular weight is 305 g/mol. The molecular weight excluding hydrogens is 288 g/mol. The molecule has 1 heterocycles. The first kappa shape index (κ1) is 14.6. The van der Waals surface area contributed by atoms with Gasteiger partial charge in [-0.1, -0.05) is 11.6 Å². The Morgan fingerprint density at radius 1 is 1.42 bits per heavy atom. The van der Waals surface area contributed by atoms with Crippen molar-refractivity contribution < 1.29 is 13.2 Å². The molecule has 1 fully saturated rings. The summed E-state index contributed by atoms with van der Waals surface area (Å²) in [4.78, 5) is 0.0488. The first-order chi connectivity index (χ1) is 8.99. The van der Waals surface area contributed by atoms with E-state index in [4.69, 9.17) is 22.1 Å². The van der Waals surface area contributed by atoms with E-state index in [2.05, 4.69) is 4.72 Å². The van der Waals surface area contributed by atoms with Gasteiger partial charge in [-0.2, -0.15) is 0 Å². The Kier molecular flexibility index (Phi) is 4.67. The molecular formula is C12H17ClN2O3S. The molecule has 0 aliphatic carbocycles. The number of anilines is 1. The van der Waals surface area contributed by atoms with Crippen molar-refractivity contribution in [1.82, 2.24) is 4.72 Å². The van der Waals surface area contributed by atoms with Crippen LogP contribution in [0, 0.1) is 0 Å². The number of nitrogens with two attached hydrogens (primary N) is 1. The summed E-state index contributed by atoms with van der Waals surface area (Å²) < 4.78 is 32.2. The quantitative estimate of drug-likeness (QED) is 0.831. The molecule has 0 bridgehead atoms. The van der Waals surface area contributed by atoms with Crippen molar-refractivity contribution in [3.05, 3.63) is 23.2 Å². The van der Waals surface area contributed by atoms with Crippen LogP contribution in [0.1, 0.15) is 19.3 Å². The van der Waals surface area contributed by atoms with Gasteiger partial charge in [-0.25, -0.2) is 13.1 Å². The van der Waals surface area contributed by atoms with Crippen LogP contribution >= 0.6 is 11.6 Å². The Bertz CT molecular complexity index is 542. The number of nitrogens with one attached hydrogen (secondary N) is 1. The molecule has 0 saturated carbocycles. The van der Waals surface area contributed by atoms with Crippen LogP contribution in [0.2, 0.25) is 5.02 Å². The number of benzene rings is 1. The van der Waals surface area contributed by atoms with E-state index < -0.39 is 10.0 Å². The SMILES string of the molecule is Nc1cc(Cl)ccc1S(=O)(=O)NCC1CCCCO1. The number of hydrogen-bond acceptors (Lipinski definition) is 4. The number of rotatable bonds is 4. The minimum Gasteiger partial charge on any atom is -0.398 e. The van der Waals surface area contributed by atoms with Crippen LogP contribution in [0.3, 0.4) is 0 Å². The molecule has 2 rings (SSSR count). The van der Waals surface area contributed by atoms with Crippen molar-refractivity contribution in [2.45, 2.75) is 30.3 Å². The van der Waals surface area contributed by atoms with Crippen LogP contribution in [0.5, 0.6) is 0 Å². The predicted octanol–water partition coefficient (Wildman–Crippen LogP) is 1.77. The van der Waals surface area contributed by atoms with Gasteiger partial charge in [-0.05, 0) is 37.5 Å². The fraction of sp³-hybridized carbons (Fsp3) is 0.500. The first-order valence-electron chi connectivity index (χ1n) is 6.15. The normalized spacial score (nSPS) is 20.4. The van der Waals surface area contributed by atoms with Gasteiger partial charge in [0.05, 0.1) is 11.8 Å². The molecule has 1 aromatic rings. The van der Waals surface area contributed by atoms with Gasteiger partial charge in [0.25, 0.3) is 0 Å². The molecule has 0 radical (unpaired) electrons. The zero-order valence-corrected chi connectivity index (χ0v) is 12.0. The highest BCUT2D eigenvalue weighted by Crippen LogP contribution is 2.22. The minimum absolute atomic E-state index is 0.0488. The number of hydrogen-bond donors (Lipinski definition) is 2. The van der Waals surface area contributed by atoms with E-state index >= 15 is 0 Å². The lowest BCUT2D eigenvalue weighted by atomic mass is 10.1. The second-order valence-electron chi connectivity index (χ2n) is 4.52. The monoisotopic (exact) mass is 304 g/mol. The second-order valence-corrected chi connectivity index (χ2v) is 6.69. The summed E-state index contributed by atoms with van der Waals surface area (Å²) >= 11 is 5.75. The van der Waals surface area contributed by atoms with Gasteiger partial charge < -0.3 is 10.5 Å². The van der Waals surface area contributed by atoms with Gasteiger partial charge in [0.1, 0.15) is 4.90 Å². The Hall–Kier alpha value is -0.820. The van der Waals surface area contributed by atoms with E-state index in [1.807, 2.05) is 0 Å². The summed E-state index contributed by atoms with van der Waals surface area (Å²) in [5.41, 5.74) is 5.82. The molecule has 106 valence electrons. The fourth-order valence-corrected chi connectivity index (χ4v) is 3.37. The molecule has 1 aliphatic heterocycles. The van der Waals surface area contributed by atoms with E-state index in [0.29, 0.717) is 11.6 Å². The molecule has 1 saturated heterocycles. The predicted molar refractivity (Wildman–Crippen MR) is 74.6 cm³/mol. The highest BCUT2D eigenvalue weighted by molar-refractivity contribution is 7.89. The maximum absolute atomic E-state index is 12.1. The van der Waals surface area contributed by atoms with Crippen molar-refractivity contribution in [3.8, 4) is 0 Å². The summed E-state index contributed by atoms with van der Waals surface area (Å²) in [7, 11) is -3.62. The van der Waals surface area contributed by atoms with Crippen LogP contribution in [-0.4, -0.2) is 27.7 Å². The average Bonchev–Trinajstić information content (AvgIpc) is 2.37. The summed E-state index contributed by atoms with van der Waals surface area (Å²) in [5.74, 6) is 0. The lowest BCUT2D eigenvalue weighted by Gasteiger charge is -2.22. The third-order valence-electron chi connectivity index (χ3n) is 3.04. The summed E-state index contributed by atoms with van der Waals surface area (Å²) in [5, 5.41) is 0.409. The molecule has 3 N–H and O–H groups in total. The van der Waals surface area contributed by atoms with Crippen LogP contribution in [0.4, 0.5) is 5.69 Å². The van der Waals surface area contributed by atoms with Gasteiger partial charge in [0.15, 0.2) is 0 Å². The molecule has 1 atom stereocenters. The van der Waals surface area contributed by atoms with Crippen LogP contribution < -0.4 is 10.5 Å². The van der Waals surface area contributed by atoms with E-state index in [1.54, 1.807) is 0 Å². The third kappa shape index (κ3) is 3.82. The van der Waals surface area contributed by atoms with E-state index in [0.717, 1.165) is 19.3 Å². The molecule has 1 aliphatic rings. The van der Waals surface area contributed by atoms with E-state index in [1.165, 1.54) is 18.2 Å². The number of sulfonamides is 1. The molecule has 0 aromatic heterocycles. The number of ether oxygens (including phenoxy) is 1. The van der Waals surface area contributed by atoms with Gasteiger partial charge in [0, 0.05) is 18.2 Å². The number of nitrogen functional groups attached to an aromatic ring is 1. The van der Waals surface area contributed by atoms with Gasteiger partial charge in [-0.3, -0.25) is 0 Å². The van der Waals surface area contributed by atoms with Crippen molar-refractivity contribution in [2.24, 2.45) is 0 Å². The zero-order valence-electron chi connectivity index (χ0n) is 10.4. The fourth-order valence-electron chi connectivity index (χ4n) is 2.01. The van der Waals surface area contributed by atoms with Crippen molar-refractivity contribution in [1.29, 1.82) is 0 Å². The summed E-state index contributed by atoms with van der Waals surface area (Å²) in [6.45, 7) is 0.958. The van der Waals surface area contributed by atoms with Crippen LogP contribution in [0.25, 0.3) is 0 Å². The van der Waals surface area contributed by atoms with E-state index in [-0.39, 0.29) is 23.2 Å². The van der Waals surface area contributed by atoms with Crippen LogP contribution in [0.15, 0.2) is 23.1 Å². The van der Waals surface area contributed by atoms with Gasteiger partial charge in [0.2, 0.25) is 10.0 Å². The maximum atomic E-state index is 12.1. The lowest BCUT2D eigenvalue weighted by molar-refractivity contribution is 0.0200. The standard InChI is InChI=1S/C12H17ClN2O3S/c13-9-4-5-12(11(14)7-9)19(16,17)15-8-10-3-1-2-6-18-10/h4-5,7,10,15H,1-3,6,8,14H2. The van der Waals surface area contributed by atoms with E-state index in [9.17, 15) is 8.42 Å². The first-order valence-corrected chi connectivity index (χ1v) is 8.01. The van der Waals surface area contributed by atoms with Crippen molar-refractivity contribution >= 4 is 27.3 Å². The smallest absolute Gasteiger partial charge is 0.242 e. The summed E-state index contributed by atoms with van der Waals surface area (Å²) in [6.07, 6.45) is 2.92. The maximum Gasteiger partial charge on any atom is 0.242 e. The van der Waals surface area contributed by atoms with Gasteiger partial charge >= 0.3 is 0 Å². The van der Waals surface area contributed by atoms with Crippen molar-refractivity contribution in [2.75, 3.05) is 18.9 Å². The molecule has 19 heavy (non-hydrogen) atoms. The third-order valence-corrected chi connectivity index (χ3v) is 4.77. The molecule has 0 spiro atoms. The molecule has 5 nitrogen and oxygen atoms in total. The Morgan fingerprint density at radius 2 is 2.21 bits per heavy atom. The highest BCUT2D eigenvalue weighted by Gasteiger charge is 2.21. The van der Waals surface area contributed by atoms with Crippen LogP contribution in [-0.2, 0) is 14.8 Å². The Labute approximate surface area is 118 Å². The molecule has 1 aromatic carbocycles. The zero-order chi connectivity index (χ0) is 13.9. The molecule has 7 heteroatoms. The van der Waals surface area contributed by atoms with Gasteiger partial charge in [-0.15, -0.1) is 0 Å². The Balaban J connectivity index is 2.05. The van der Waals surface area contributed by atoms with Crippen molar-refractivity contribution in [3.63, 3.8) is 0 Å². The number of halogens is 1. The minimum atomic E-state index is -3.62. The topological polar surface area (TPSA) is 81.4 Å². The largest absolute Gasteiger partial charge is 0.398 e. The highest BCUT2D eigenvalue weighted by atomic mass is 35.5. The summed E-state index contributed by atoms with van der Waals surface area (Å²) in [6, 6.07) is 4.33. The second kappa shape index (κ2) is 6.09. The molecule has 0 amide bonds. The molecule has 1 unspecified atom stereocenters.